The third kappa shape index (κ3) is 1.64. The Morgan fingerprint density at radius 3 is 3.08 bits per heavy atom. The molecule has 1 N–H and O–H groups in total. The fourth-order valence-electron chi connectivity index (χ4n) is 1.05. The van der Waals surface area contributed by atoms with Gasteiger partial charge in [-0.3, -0.25) is 9.78 Å². The smallest absolute Gasteiger partial charge is 0.269 e. The molecule has 2 aromatic rings. The zero-order valence-corrected chi connectivity index (χ0v) is 6.84. The lowest BCUT2D eigenvalue weighted by Gasteiger charge is -2.00. The summed E-state index contributed by atoms with van der Waals surface area (Å²) in [6.45, 7) is 0.453. The Morgan fingerprint density at radius 2 is 2.38 bits per heavy atom. The first-order valence-electron chi connectivity index (χ1n) is 3.85. The highest BCUT2D eigenvalue weighted by Gasteiger charge is 1.97. The number of nitrogens with zero attached hydrogens (tertiary/aromatic N) is 3. The van der Waals surface area contributed by atoms with Gasteiger partial charge in [-0.05, 0) is 0 Å². The molecular weight excluding hydrogens is 168 g/mol. The van der Waals surface area contributed by atoms with Crippen LogP contribution in [0.3, 0.4) is 0 Å². The van der Waals surface area contributed by atoms with Crippen LogP contribution in [0, 0.1) is 0 Å². The van der Waals surface area contributed by atoms with Gasteiger partial charge in [0.2, 0.25) is 0 Å². The number of H-pyrrole nitrogens is 1. The Hall–Kier alpha value is -1.91. The highest BCUT2D eigenvalue weighted by atomic mass is 16.1. The maximum atomic E-state index is 11.2. The lowest BCUT2D eigenvalue weighted by atomic mass is 10.5. The minimum absolute atomic E-state index is 0.126. The molecule has 66 valence electrons. The maximum Gasteiger partial charge on any atom is 0.269 e. The van der Waals surface area contributed by atoms with E-state index in [1.807, 2.05) is 0 Å². The predicted molar refractivity (Wildman–Crippen MR) is 46.2 cm³/mol. The normalized spacial score (nSPS) is 10.2. The number of aromatic nitrogens is 4. The first-order chi connectivity index (χ1) is 6.36. The molecule has 0 atom stereocenters. The van der Waals surface area contributed by atoms with Crippen LogP contribution in [0.25, 0.3) is 0 Å². The van der Waals surface area contributed by atoms with E-state index in [9.17, 15) is 4.79 Å². The quantitative estimate of drug-likeness (QED) is 0.701. The molecule has 0 fully saturated rings. The second kappa shape index (κ2) is 3.22. The summed E-state index contributed by atoms with van der Waals surface area (Å²) in [5.74, 6) is 0.758. The summed E-state index contributed by atoms with van der Waals surface area (Å²) in [5, 5.41) is 0. The van der Waals surface area contributed by atoms with E-state index in [0.717, 1.165) is 5.82 Å². The van der Waals surface area contributed by atoms with Crippen molar-refractivity contribution in [3.8, 4) is 0 Å². The highest BCUT2D eigenvalue weighted by molar-refractivity contribution is 4.91. The number of nitrogens with one attached hydrogen (secondary N) is 1. The molecule has 0 amide bonds. The summed E-state index contributed by atoms with van der Waals surface area (Å²) in [6, 6.07) is 0. The molecule has 13 heavy (non-hydrogen) atoms. The Kier molecular flexibility index (Phi) is 1.91. The highest BCUT2D eigenvalue weighted by Crippen LogP contribution is 1.90. The second-order valence-corrected chi connectivity index (χ2v) is 2.58. The summed E-state index contributed by atoms with van der Waals surface area (Å²) < 4.78 is 1.53. The zero-order chi connectivity index (χ0) is 9.10. The molecule has 0 aliphatic carbocycles. The van der Waals surface area contributed by atoms with Crippen molar-refractivity contribution in [2.24, 2.45) is 0 Å². The molecule has 0 saturated heterocycles. The van der Waals surface area contributed by atoms with Gasteiger partial charge in [-0.2, -0.15) is 0 Å². The number of hydrogen-bond acceptors (Lipinski definition) is 3. The minimum Gasteiger partial charge on any atom is -0.347 e. The first-order valence-corrected chi connectivity index (χ1v) is 3.85. The van der Waals surface area contributed by atoms with Crippen molar-refractivity contribution in [2.45, 2.75) is 6.54 Å². The predicted octanol–water partition coefficient (Wildman–Crippen LogP) is 0.0147. The van der Waals surface area contributed by atoms with Crippen molar-refractivity contribution in [2.75, 3.05) is 0 Å². The number of hydrogen-bond donors (Lipinski definition) is 1. The molecule has 0 aliphatic heterocycles. The van der Waals surface area contributed by atoms with Crippen LogP contribution in [-0.2, 0) is 6.54 Å². The van der Waals surface area contributed by atoms with Crippen LogP contribution in [0.2, 0.25) is 0 Å². The molecule has 2 rings (SSSR count). The monoisotopic (exact) mass is 176 g/mol. The fraction of sp³-hybridized carbons (Fsp3) is 0.125. The summed E-state index contributed by atoms with van der Waals surface area (Å²) in [6.07, 6.45) is 7.86. The Labute approximate surface area is 74.1 Å². The third-order valence-electron chi connectivity index (χ3n) is 1.68. The standard InChI is InChI=1S/C8H8N4O/c13-8-5-9-3-4-12(8)6-7-10-1-2-11-7/h1-5H,6H2,(H,10,11). The van der Waals surface area contributed by atoms with Crippen LogP contribution in [0.4, 0.5) is 0 Å². The van der Waals surface area contributed by atoms with Gasteiger partial charge in [0.05, 0.1) is 12.7 Å². The van der Waals surface area contributed by atoms with E-state index in [1.54, 1.807) is 24.8 Å². The summed E-state index contributed by atoms with van der Waals surface area (Å²) in [4.78, 5) is 21.9. The molecule has 0 bridgehead atoms. The number of rotatable bonds is 2. The number of imidazole rings is 1. The van der Waals surface area contributed by atoms with Crippen LogP contribution >= 0.6 is 0 Å². The van der Waals surface area contributed by atoms with Gasteiger partial charge < -0.3 is 9.55 Å². The average molecular weight is 176 g/mol. The van der Waals surface area contributed by atoms with E-state index in [0.29, 0.717) is 6.54 Å². The first kappa shape index (κ1) is 7.72. The topological polar surface area (TPSA) is 63.6 Å². The van der Waals surface area contributed by atoms with E-state index < -0.39 is 0 Å². The Balaban J connectivity index is 2.29. The van der Waals surface area contributed by atoms with Crippen molar-refractivity contribution in [1.29, 1.82) is 0 Å². The summed E-state index contributed by atoms with van der Waals surface area (Å²) in [7, 11) is 0. The molecule has 5 heteroatoms. The molecule has 5 nitrogen and oxygen atoms in total. The molecular formula is C8H8N4O. The van der Waals surface area contributed by atoms with E-state index in [4.69, 9.17) is 0 Å². The van der Waals surface area contributed by atoms with Gasteiger partial charge in [0, 0.05) is 24.8 Å². The van der Waals surface area contributed by atoms with Gasteiger partial charge in [0.1, 0.15) is 5.82 Å². The maximum absolute atomic E-state index is 11.2. The van der Waals surface area contributed by atoms with Crippen molar-refractivity contribution >= 4 is 0 Å². The largest absolute Gasteiger partial charge is 0.347 e. The SMILES string of the molecule is O=c1cnccn1Cc1ncc[nH]1. The van der Waals surface area contributed by atoms with Gasteiger partial charge >= 0.3 is 0 Å². The van der Waals surface area contributed by atoms with Gasteiger partial charge in [-0.15, -0.1) is 0 Å². The zero-order valence-electron chi connectivity index (χ0n) is 6.84. The molecule has 2 aromatic heterocycles. The van der Waals surface area contributed by atoms with Gasteiger partial charge in [0.25, 0.3) is 5.56 Å². The number of aromatic amines is 1. The summed E-state index contributed by atoms with van der Waals surface area (Å²) >= 11 is 0. The molecule has 0 saturated carbocycles. The average Bonchev–Trinajstić information content (AvgIpc) is 2.61. The minimum atomic E-state index is -0.126. The fourth-order valence-corrected chi connectivity index (χ4v) is 1.05. The molecule has 0 aliphatic rings. The van der Waals surface area contributed by atoms with Crippen molar-refractivity contribution < 1.29 is 0 Å². The third-order valence-corrected chi connectivity index (χ3v) is 1.68. The van der Waals surface area contributed by atoms with Crippen molar-refractivity contribution in [1.82, 2.24) is 19.5 Å². The Bertz CT molecular complexity index is 431. The van der Waals surface area contributed by atoms with Crippen LogP contribution < -0.4 is 5.56 Å². The van der Waals surface area contributed by atoms with Crippen LogP contribution in [0.5, 0.6) is 0 Å². The van der Waals surface area contributed by atoms with E-state index in [2.05, 4.69) is 15.0 Å². The van der Waals surface area contributed by atoms with Gasteiger partial charge in [-0.25, -0.2) is 4.98 Å². The van der Waals surface area contributed by atoms with Crippen molar-refractivity contribution in [3.63, 3.8) is 0 Å². The summed E-state index contributed by atoms with van der Waals surface area (Å²) in [5.41, 5.74) is -0.126. The Morgan fingerprint density at radius 1 is 1.46 bits per heavy atom. The molecule has 0 radical (unpaired) electrons. The van der Waals surface area contributed by atoms with E-state index in [1.165, 1.54) is 10.8 Å². The lowest BCUT2D eigenvalue weighted by Crippen LogP contribution is -2.19. The van der Waals surface area contributed by atoms with Gasteiger partial charge in [0.15, 0.2) is 0 Å². The lowest BCUT2D eigenvalue weighted by molar-refractivity contribution is 0.715. The van der Waals surface area contributed by atoms with Crippen LogP contribution in [0.1, 0.15) is 5.82 Å². The van der Waals surface area contributed by atoms with Crippen LogP contribution in [0.15, 0.2) is 35.8 Å². The van der Waals surface area contributed by atoms with E-state index >= 15 is 0 Å². The van der Waals surface area contributed by atoms with Gasteiger partial charge in [-0.1, -0.05) is 0 Å². The van der Waals surface area contributed by atoms with Crippen LogP contribution in [-0.4, -0.2) is 19.5 Å². The van der Waals surface area contributed by atoms with Crippen molar-refractivity contribution in [3.05, 3.63) is 47.2 Å². The molecule has 0 spiro atoms. The molecule has 2 heterocycles. The van der Waals surface area contributed by atoms with E-state index in [-0.39, 0.29) is 5.56 Å². The second-order valence-electron chi connectivity index (χ2n) is 2.58. The molecule has 0 unspecified atom stereocenters. The molecule has 0 aromatic carbocycles.